The predicted molar refractivity (Wildman–Crippen MR) is 80.5 cm³/mol. The normalized spacial score (nSPS) is 20.9. The number of aliphatic imine (C=N–C) groups is 1. The van der Waals surface area contributed by atoms with Gasteiger partial charge in [0.25, 0.3) is 0 Å². The Labute approximate surface area is 156 Å². The van der Waals surface area contributed by atoms with Crippen molar-refractivity contribution >= 4 is 16.6 Å². The Bertz CT molecular complexity index is 385. The van der Waals surface area contributed by atoms with Crippen molar-refractivity contribution < 1.29 is 62.6 Å². The van der Waals surface area contributed by atoms with Gasteiger partial charge in [0.05, 0.1) is 0 Å². The van der Waals surface area contributed by atoms with E-state index >= 15 is 0 Å². The average molecular weight is 458 g/mol. The largest absolute Gasteiger partial charge is 2.00 e. The van der Waals surface area contributed by atoms with Gasteiger partial charge in [0.2, 0.25) is 0 Å². The molecule has 23 heavy (non-hydrogen) atoms. The van der Waals surface area contributed by atoms with Crippen molar-refractivity contribution in [1.82, 2.24) is 5.32 Å². The van der Waals surface area contributed by atoms with E-state index in [0.717, 1.165) is 19.5 Å². The molecule has 2 aliphatic heterocycles. The smallest absolute Gasteiger partial charge is 0.658 e. The van der Waals surface area contributed by atoms with Crippen molar-refractivity contribution in [2.75, 3.05) is 13.1 Å². The summed E-state index contributed by atoms with van der Waals surface area (Å²) in [6, 6.07) is 0. The van der Waals surface area contributed by atoms with Crippen molar-refractivity contribution in [2.45, 2.75) is 19.0 Å². The van der Waals surface area contributed by atoms with E-state index in [0.29, 0.717) is 0 Å². The third-order valence-corrected chi connectivity index (χ3v) is 1.66. The summed E-state index contributed by atoms with van der Waals surface area (Å²) in [5, 5.41) is 10.7. The van der Waals surface area contributed by atoms with Gasteiger partial charge in [0.15, 0.2) is 0 Å². The maximum absolute atomic E-state index is 8.74. The van der Waals surface area contributed by atoms with Crippen molar-refractivity contribution in [1.29, 1.82) is 0 Å². The quantitative estimate of drug-likeness (QED) is 0.147. The summed E-state index contributed by atoms with van der Waals surface area (Å²) in [5.74, 6) is 0. The van der Waals surface area contributed by atoms with Gasteiger partial charge in [0.1, 0.15) is 0 Å². The van der Waals surface area contributed by atoms with E-state index < -0.39 is 10.4 Å². The summed E-state index contributed by atoms with van der Waals surface area (Å²) < 4.78 is 31.6. The summed E-state index contributed by atoms with van der Waals surface area (Å²) in [4.78, 5) is 3.73. The van der Waals surface area contributed by atoms with Crippen LogP contribution in [-0.4, -0.2) is 54.9 Å². The van der Waals surface area contributed by atoms with Gasteiger partial charge in [-0.3, -0.25) is 14.1 Å². The Morgan fingerprint density at radius 2 is 1.83 bits per heavy atom. The summed E-state index contributed by atoms with van der Waals surface area (Å²) in [5.41, 5.74) is 10.6. The minimum atomic E-state index is -4.67. The molecule has 2 atom stereocenters. The SMILES string of the molecule is NC1N=CC=C[N-]1.NC1[N-]CCCN1.O.O=S(=O)(O)O.[Cu+2].[Cu].[OH3+]. The molecule has 15 heteroatoms. The van der Waals surface area contributed by atoms with Crippen LogP contribution in [0.2, 0.25) is 0 Å². The summed E-state index contributed by atoms with van der Waals surface area (Å²) >= 11 is 0. The number of hydrogen-bond acceptors (Lipinski definition) is 6. The molecule has 2 aliphatic rings. The van der Waals surface area contributed by atoms with Crippen LogP contribution in [0.25, 0.3) is 10.6 Å². The molecule has 0 aromatic carbocycles. The first kappa shape index (κ1) is 34.3. The molecule has 12 nitrogen and oxygen atoms in total. The summed E-state index contributed by atoms with van der Waals surface area (Å²) in [6.07, 6.45) is 5.70. The van der Waals surface area contributed by atoms with Crippen molar-refractivity contribution in [3.05, 3.63) is 22.9 Å². The Kier molecular flexibility index (Phi) is 29.7. The number of hydrogen-bond donors (Lipinski definition) is 5. The summed E-state index contributed by atoms with van der Waals surface area (Å²) in [7, 11) is -4.67. The van der Waals surface area contributed by atoms with Crippen molar-refractivity contribution in [3.8, 4) is 0 Å². The molecule has 0 aromatic heterocycles. The Morgan fingerprint density at radius 3 is 2.00 bits per heavy atom. The fourth-order valence-corrected chi connectivity index (χ4v) is 0.977. The van der Waals surface area contributed by atoms with Gasteiger partial charge in [-0.25, -0.2) is 0 Å². The van der Waals surface area contributed by atoms with Crippen LogP contribution in [0.4, 0.5) is 0 Å². The van der Waals surface area contributed by atoms with E-state index in [1.54, 1.807) is 18.5 Å². The maximum Gasteiger partial charge on any atom is 2.00 e. The Hall–Kier alpha value is -0.121. The van der Waals surface area contributed by atoms with E-state index in [-0.39, 0.29) is 57.7 Å². The van der Waals surface area contributed by atoms with E-state index in [2.05, 4.69) is 20.9 Å². The van der Waals surface area contributed by atoms with E-state index in [4.69, 9.17) is 29.0 Å². The Balaban J connectivity index is -0.0000000658. The van der Waals surface area contributed by atoms with Crippen LogP contribution in [0.5, 0.6) is 0 Å². The monoisotopic (exact) mass is 457 g/mol. The van der Waals surface area contributed by atoms with Crippen LogP contribution in [0.15, 0.2) is 17.3 Å². The third kappa shape index (κ3) is 34.3. The van der Waals surface area contributed by atoms with Gasteiger partial charge in [-0.2, -0.15) is 14.6 Å². The minimum Gasteiger partial charge on any atom is -0.658 e. The standard InChI is InChI=1S/C4H10N3.C4H6N3.2Cu.H2O4S.2H2O/c2*5-4-6-2-1-3-7-4;;;1-5(2,3)4;;/h4,6H,1-3,5H2;1-4H,5H2;;;(H2,1,2,3,4);2*1H2/q2*-1;;+2;;;/p+1. The molecule has 0 aliphatic carbocycles. The predicted octanol–water partition coefficient (Wildman–Crippen LogP) is -2.61. The third-order valence-electron chi connectivity index (χ3n) is 1.66. The molecule has 0 saturated carbocycles. The first-order valence-corrected chi connectivity index (χ1v) is 6.68. The zero-order valence-electron chi connectivity index (χ0n) is 11.8. The van der Waals surface area contributed by atoms with Gasteiger partial charge >= 0.3 is 27.5 Å². The number of nitrogens with one attached hydrogen (secondary N) is 1. The van der Waals surface area contributed by atoms with E-state index in [9.17, 15) is 0 Å². The molecule has 0 spiro atoms. The zero-order chi connectivity index (χ0) is 14.7. The molecule has 0 aromatic rings. The minimum absolute atomic E-state index is 0. The summed E-state index contributed by atoms with van der Waals surface area (Å²) in [6.45, 7) is 1.94. The second-order valence-corrected chi connectivity index (χ2v) is 4.20. The van der Waals surface area contributed by atoms with Gasteiger partial charge in [-0.05, 0) is 12.8 Å². The van der Waals surface area contributed by atoms with Crippen LogP contribution in [0.1, 0.15) is 6.42 Å². The maximum atomic E-state index is 8.74. The number of rotatable bonds is 0. The molecular formula is C8H23Cu2N6O6S+. The molecule has 2 radical (unpaired) electrons. The second kappa shape index (κ2) is 19.9. The molecule has 1 saturated heterocycles. The number of nitrogens with zero attached hydrogens (tertiary/aromatic N) is 3. The van der Waals surface area contributed by atoms with Gasteiger partial charge in [0, 0.05) is 29.6 Å². The first-order chi connectivity index (χ1) is 8.79. The van der Waals surface area contributed by atoms with Gasteiger partial charge < -0.3 is 38.4 Å². The van der Waals surface area contributed by atoms with E-state index in [1.807, 2.05) is 0 Å². The van der Waals surface area contributed by atoms with E-state index in [1.165, 1.54) is 0 Å². The average Bonchev–Trinajstić information content (AvgIpc) is 2.29. The van der Waals surface area contributed by atoms with Crippen LogP contribution in [0, 0.1) is 0 Å². The molecule has 0 amide bonds. The molecule has 1 fully saturated rings. The van der Waals surface area contributed by atoms with Gasteiger partial charge in [-0.15, -0.1) is 6.54 Å². The first-order valence-electron chi connectivity index (χ1n) is 5.28. The molecule has 2 unspecified atom stereocenters. The van der Waals surface area contributed by atoms with Crippen LogP contribution < -0.4 is 16.8 Å². The fourth-order valence-electron chi connectivity index (χ4n) is 0.977. The number of nitrogens with two attached hydrogens (primary N) is 2. The number of allylic oxidation sites excluding steroid dienone is 1. The topological polar surface area (TPSA) is 244 Å². The molecule has 148 valence electrons. The van der Waals surface area contributed by atoms with Crippen LogP contribution >= 0.6 is 0 Å². The molecular weight excluding hydrogens is 435 g/mol. The fraction of sp³-hybridized carbons (Fsp3) is 0.625. The molecule has 2 rings (SSSR count). The Morgan fingerprint density at radius 1 is 1.30 bits per heavy atom. The van der Waals surface area contributed by atoms with Crippen LogP contribution in [0.3, 0.4) is 0 Å². The van der Waals surface area contributed by atoms with Gasteiger partial charge in [-0.1, -0.05) is 12.5 Å². The molecule has 12 N–H and O–H groups in total. The molecule has 0 bridgehead atoms. The zero-order valence-corrected chi connectivity index (χ0v) is 14.5. The van der Waals surface area contributed by atoms with Crippen molar-refractivity contribution in [2.24, 2.45) is 16.5 Å². The van der Waals surface area contributed by atoms with Crippen LogP contribution in [-0.2, 0) is 50.0 Å². The second-order valence-electron chi connectivity index (χ2n) is 3.31. The molecule has 2 heterocycles. The van der Waals surface area contributed by atoms with Crippen molar-refractivity contribution in [3.63, 3.8) is 0 Å².